The molecule has 5 heteroatoms. The topological polar surface area (TPSA) is 54.1 Å². The van der Waals surface area contributed by atoms with Crippen molar-refractivity contribution in [1.82, 2.24) is 4.98 Å². The first-order valence-electron chi connectivity index (χ1n) is 6.86. The van der Waals surface area contributed by atoms with Gasteiger partial charge in [0.15, 0.2) is 0 Å². The number of aromatic nitrogens is 1. The minimum Gasteiger partial charge on any atom is -0.497 e. The Bertz CT molecular complexity index is 826. The van der Waals surface area contributed by atoms with Crippen molar-refractivity contribution < 1.29 is 13.9 Å². The van der Waals surface area contributed by atoms with Crippen LogP contribution in [-0.2, 0) is 11.2 Å². The van der Waals surface area contributed by atoms with E-state index in [-0.39, 0.29) is 18.0 Å². The number of carbonyl (C=O) groups is 1. The summed E-state index contributed by atoms with van der Waals surface area (Å²) in [7, 11) is 1.60. The number of benzene rings is 2. The van der Waals surface area contributed by atoms with E-state index in [2.05, 4.69) is 10.3 Å². The van der Waals surface area contributed by atoms with Gasteiger partial charge in [-0.3, -0.25) is 4.79 Å². The molecule has 0 atom stereocenters. The Morgan fingerprint density at radius 3 is 2.86 bits per heavy atom. The normalized spacial score (nSPS) is 10.6. The fourth-order valence-corrected chi connectivity index (χ4v) is 2.37. The lowest BCUT2D eigenvalue weighted by Gasteiger charge is -2.06. The van der Waals surface area contributed by atoms with Crippen LogP contribution in [0.25, 0.3) is 10.9 Å². The van der Waals surface area contributed by atoms with E-state index >= 15 is 0 Å². The first-order valence-corrected chi connectivity index (χ1v) is 6.86. The maximum Gasteiger partial charge on any atom is 0.228 e. The van der Waals surface area contributed by atoms with Gasteiger partial charge in [-0.25, -0.2) is 4.39 Å². The number of rotatable bonds is 4. The van der Waals surface area contributed by atoms with Crippen molar-refractivity contribution in [2.24, 2.45) is 0 Å². The maximum absolute atomic E-state index is 13.5. The summed E-state index contributed by atoms with van der Waals surface area (Å²) in [5.41, 5.74) is 1.94. The standard InChI is InChI=1S/C17H15FN2O2/c1-22-12-6-7-13-11(10-19-16(13)9-12)8-17(21)20-15-5-3-2-4-14(15)18/h2-7,9-10,19H,8H2,1H3,(H,20,21). The molecule has 4 nitrogen and oxygen atoms in total. The van der Waals surface area contributed by atoms with E-state index < -0.39 is 5.82 Å². The fraction of sp³-hybridized carbons (Fsp3) is 0.118. The molecule has 0 unspecified atom stereocenters. The number of ether oxygens (including phenoxy) is 1. The summed E-state index contributed by atoms with van der Waals surface area (Å²) in [5.74, 6) is 0.0399. The van der Waals surface area contributed by atoms with E-state index in [0.717, 1.165) is 22.2 Å². The van der Waals surface area contributed by atoms with Crippen LogP contribution >= 0.6 is 0 Å². The Labute approximate surface area is 126 Å². The molecule has 0 bridgehead atoms. The highest BCUT2D eigenvalue weighted by Crippen LogP contribution is 2.24. The number of hydrogen-bond donors (Lipinski definition) is 2. The predicted molar refractivity (Wildman–Crippen MR) is 83.6 cm³/mol. The Hall–Kier alpha value is -2.82. The molecule has 0 aliphatic heterocycles. The van der Waals surface area contributed by atoms with Crippen LogP contribution in [-0.4, -0.2) is 18.0 Å². The van der Waals surface area contributed by atoms with Gasteiger partial charge in [0.05, 0.1) is 19.2 Å². The minimum atomic E-state index is -0.445. The van der Waals surface area contributed by atoms with E-state index in [0.29, 0.717) is 0 Å². The Morgan fingerprint density at radius 2 is 2.09 bits per heavy atom. The highest BCUT2D eigenvalue weighted by molar-refractivity contribution is 5.96. The maximum atomic E-state index is 13.5. The predicted octanol–water partition coefficient (Wildman–Crippen LogP) is 3.50. The summed E-state index contributed by atoms with van der Waals surface area (Å²) in [5, 5.41) is 3.53. The number of fused-ring (bicyclic) bond motifs is 1. The summed E-state index contributed by atoms with van der Waals surface area (Å²) in [6.45, 7) is 0. The van der Waals surface area contributed by atoms with Crippen molar-refractivity contribution in [3.05, 3.63) is 60.0 Å². The van der Waals surface area contributed by atoms with Crippen molar-refractivity contribution in [2.45, 2.75) is 6.42 Å². The molecule has 0 fully saturated rings. The van der Waals surface area contributed by atoms with Crippen LogP contribution in [0.2, 0.25) is 0 Å². The van der Waals surface area contributed by atoms with Crippen molar-refractivity contribution in [3.8, 4) is 5.75 Å². The molecule has 0 saturated carbocycles. The molecular weight excluding hydrogens is 283 g/mol. The molecule has 22 heavy (non-hydrogen) atoms. The fourth-order valence-electron chi connectivity index (χ4n) is 2.37. The molecule has 3 aromatic rings. The average Bonchev–Trinajstić information content (AvgIpc) is 2.91. The number of anilines is 1. The molecule has 112 valence electrons. The van der Waals surface area contributed by atoms with Crippen LogP contribution in [0.5, 0.6) is 5.75 Å². The van der Waals surface area contributed by atoms with Gasteiger partial charge in [-0.05, 0) is 29.8 Å². The second-order valence-electron chi connectivity index (χ2n) is 4.93. The van der Waals surface area contributed by atoms with Gasteiger partial charge < -0.3 is 15.0 Å². The summed E-state index contributed by atoms with van der Waals surface area (Å²) in [6, 6.07) is 11.7. The van der Waals surface area contributed by atoms with Crippen molar-refractivity contribution in [2.75, 3.05) is 12.4 Å². The number of halogens is 1. The van der Waals surface area contributed by atoms with Crippen LogP contribution in [0.15, 0.2) is 48.7 Å². The van der Waals surface area contributed by atoms with Crippen LogP contribution in [0.3, 0.4) is 0 Å². The third-order valence-corrected chi connectivity index (χ3v) is 3.47. The summed E-state index contributed by atoms with van der Waals surface area (Å²) in [4.78, 5) is 15.2. The molecule has 0 aliphatic rings. The number of hydrogen-bond acceptors (Lipinski definition) is 2. The number of carbonyl (C=O) groups excluding carboxylic acids is 1. The van der Waals surface area contributed by atoms with E-state index in [9.17, 15) is 9.18 Å². The lowest BCUT2D eigenvalue weighted by molar-refractivity contribution is -0.115. The number of amides is 1. The third-order valence-electron chi connectivity index (χ3n) is 3.47. The van der Waals surface area contributed by atoms with E-state index in [1.54, 1.807) is 25.4 Å². The SMILES string of the molecule is COc1ccc2c(CC(=O)Nc3ccccc3F)c[nH]c2c1. The number of aromatic amines is 1. The molecule has 0 aliphatic carbocycles. The average molecular weight is 298 g/mol. The summed E-state index contributed by atoms with van der Waals surface area (Å²) < 4.78 is 18.7. The number of para-hydroxylation sites is 1. The second-order valence-corrected chi connectivity index (χ2v) is 4.93. The first kappa shape index (κ1) is 14.1. The molecule has 0 saturated heterocycles. The molecule has 3 rings (SSSR count). The Balaban J connectivity index is 1.78. The molecule has 2 aromatic carbocycles. The van der Waals surface area contributed by atoms with Crippen molar-refractivity contribution >= 4 is 22.5 Å². The van der Waals surface area contributed by atoms with Gasteiger partial charge in [-0.1, -0.05) is 12.1 Å². The molecule has 1 heterocycles. The Kier molecular flexibility index (Phi) is 3.78. The number of H-pyrrole nitrogens is 1. The lowest BCUT2D eigenvalue weighted by atomic mass is 10.1. The van der Waals surface area contributed by atoms with E-state index in [1.165, 1.54) is 12.1 Å². The van der Waals surface area contributed by atoms with Crippen LogP contribution in [0.1, 0.15) is 5.56 Å². The highest BCUT2D eigenvalue weighted by atomic mass is 19.1. The molecule has 1 amide bonds. The summed E-state index contributed by atoms with van der Waals surface area (Å²) in [6.07, 6.45) is 1.95. The first-order chi connectivity index (χ1) is 10.7. The van der Waals surface area contributed by atoms with Gasteiger partial charge >= 0.3 is 0 Å². The zero-order valence-corrected chi connectivity index (χ0v) is 12.0. The van der Waals surface area contributed by atoms with Gasteiger partial charge in [-0.2, -0.15) is 0 Å². The Morgan fingerprint density at radius 1 is 1.27 bits per heavy atom. The second kappa shape index (κ2) is 5.89. The van der Waals surface area contributed by atoms with Gasteiger partial charge in [0.1, 0.15) is 11.6 Å². The van der Waals surface area contributed by atoms with Crippen LogP contribution in [0, 0.1) is 5.82 Å². The minimum absolute atomic E-state index is 0.167. The summed E-state index contributed by atoms with van der Waals surface area (Å²) >= 11 is 0. The molecule has 1 aromatic heterocycles. The zero-order valence-electron chi connectivity index (χ0n) is 12.0. The molecular formula is C17H15FN2O2. The number of nitrogens with one attached hydrogen (secondary N) is 2. The van der Waals surface area contributed by atoms with E-state index in [1.807, 2.05) is 18.2 Å². The monoisotopic (exact) mass is 298 g/mol. The van der Waals surface area contributed by atoms with Crippen LogP contribution in [0.4, 0.5) is 10.1 Å². The molecule has 0 radical (unpaired) electrons. The smallest absolute Gasteiger partial charge is 0.228 e. The van der Waals surface area contributed by atoms with Crippen LogP contribution < -0.4 is 10.1 Å². The number of methoxy groups -OCH3 is 1. The van der Waals surface area contributed by atoms with Gasteiger partial charge in [-0.15, -0.1) is 0 Å². The largest absolute Gasteiger partial charge is 0.497 e. The van der Waals surface area contributed by atoms with E-state index in [4.69, 9.17) is 4.74 Å². The molecule has 2 N–H and O–H groups in total. The van der Waals surface area contributed by atoms with Crippen molar-refractivity contribution in [3.63, 3.8) is 0 Å². The lowest BCUT2D eigenvalue weighted by Crippen LogP contribution is -2.15. The van der Waals surface area contributed by atoms with Gasteiger partial charge in [0.25, 0.3) is 0 Å². The zero-order chi connectivity index (χ0) is 15.5. The van der Waals surface area contributed by atoms with Crippen molar-refractivity contribution in [1.29, 1.82) is 0 Å². The van der Waals surface area contributed by atoms with Gasteiger partial charge in [0.2, 0.25) is 5.91 Å². The molecule has 0 spiro atoms. The quantitative estimate of drug-likeness (QED) is 0.774. The van der Waals surface area contributed by atoms with Gasteiger partial charge in [0, 0.05) is 23.2 Å². The highest BCUT2D eigenvalue weighted by Gasteiger charge is 2.11. The third kappa shape index (κ3) is 2.79.